The fourth-order valence-corrected chi connectivity index (χ4v) is 3.09. The number of amides is 4. The minimum absolute atomic E-state index is 0.0556. The number of nitrogens with one attached hydrogen (secondary N) is 1. The van der Waals surface area contributed by atoms with E-state index >= 15 is 0 Å². The lowest BCUT2D eigenvalue weighted by molar-refractivity contribution is -0.146. The lowest BCUT2D eigenvalue weighted by Crippen LogP contribution is -2.45. The van der Waals surface area contributed by atoms with Gasteiger partial charge < -0.3 is 10.2 Å². The molecule has 124 valence electrons. The number of rotatable bonds is 5. The quantitative estimate of drug-likeness (QED) is 0.555. The van der Waals surface area contributed by atoms with Gasteiger partial charge in [0.25, 0.3) is 0 Å². The Hall–Kier alpha value is -2.18. The zero-order valence-electron chi connectivity index (χ0n) is 13.2. The molecule has 2 atom stereocenters. The highest BCUT2D eigenvalue weighted by molar-refractivity contribution is 6.07. The molecule has 0 unspecified atom stereocenters. The van der Waals surface area contributed by atoms with Crippen molar-refractivity contribution in [3.63, 3.8) is 0 Å². The molecule has 1 aliphatic heterocycles. The van der Waals surface area contributed by atoms with E-state index in [4.69, 9.17) is 0 Å². The van der Waals surface area contributed by atoms with Gasteiger partial charge in [-0.15, -0.1) is 0 Å². The van der Waals surface area contributed by atoms with Gasteiger partial charge in [0.15, 0.2) is 0 Å². The lowest BCUT2D eigenvalue weighted by Gasteiger charge is -2.20. The molecule has 0 bridgehead atoms. The summed E-state index contributed by atoms with van der Waals surface area (Å²) in [7, 11) is 1.51. The number of imide groups is 1. The highest BCUT2D eigenvalue weighted by Gasteiger charge is 2.47. The van der Waals surface area contributed by atoms with E-state index in [0.717, 1.165) is 17.7 Å². The number of allylic oxidation sites excluding steroid dienone is 2. The van der Waals surface area contributed by atoms with E-state index < -0.39 is 5.91 Å². The molecule has 3 rings (SSSR count). The summed E-state index contributed by atoms with van der Waals surface area (Å²) in [5.74, 6) is -1.81. The molecule has 1 saturated heterocycles. The molecule has 1 N–H and O–H groups in total. The summed E-state index contributed by atoms with van der Waals surface area (Å²) >= 11 is 0. The van der Waals surface area contributed by atoms with Crippen molar-refractivity contribution in [2.75, 3.05) is 20.1 Å². The molecule has 1 saturated carbocycles. The third kappa shape index (κ3) is 3.28. The summed E-state index contributed by atoms with van der Waals surface area (Å²) in [5.41, 5.74) is 0. The van der Waals surface area contributed by atoms with Crippen molar-refractivity contribution in [2.45, 2.75) is 31.7 Å². The van der Waals surface area contributed by atoms with E-state index in [2.05, 4.69) is 5.32 Å². The summed E-state index contributed by atoms with van der Waals surface area (Å²) in [6.07, 6.45) is 6.89. The molecule has 3 aliphatic rings. The summed E-state index contributed by atoms with van der Waals surface area (Å²) in [5, 5.41) is 2.80. The topological polar surface area (TPSA) is 86.8 Å². The Kier molecular flexibility index (Phi) is 4.19. The molecule has 4 amide bonds. The Balaban J connectivity index is 1.55. The smallest absolute Gasteiger partial charge is 0.242 e. The van der Waals surface area contributed by atoms with Gasteiger partial charge in [-0.1, -0.05) is 12.2 Å². The second kappa shape index (κ2) is 6.14. The second-order valence-corrected chi connectivity index (χ2v) is 6.51. The number of hydrogen-bond donors (Lipinski definition) is 1. The Morgan fingerprint density at radius 1 is 1.17 bits per heavy atom. The van der Waals surface area contributed by atoms with Gasteiger partial charge in [0, 0.05) is 13.1 Å². The van der Waals surface area contributed by atoms with Crippen LogP contribution >= 0.6 is 0 Å². The van der Waals surface area contributed by atoms with Crippen molar-refractivity contribution in [1.29, 1.82) is 0 Å². The minimum atomic E-state index is -0.399. The van der Waals surface area contributed by atoms with Crippen LogP contribution < -0.4 is 5.32 Å². The van der Waals surface area contributed by atoms with Crippen LogP contribution in [0.25, 0.3) is 0 Å². The molecular formula is C16H21N3O4. The number of nitrogens with zero attached hydrogens (tertiary/aromatic N) is 2. The lowest BCUT2D eigenvalue weighted by atomic mass is 9.85. The molecule has 2 aliphatic carbocycles. The van der Waals surface area contributed by atoms with Crippen LogP contribution in [-0.2, 0) is 19.2 Å². The largest absolute Gasteiger partial charge is 0.352 e. The molecule has 0 aromatic heterocycles. The molecule has 2 fully saturated rings. The molecule has 0 aromatic rings. The maximum Gasteiger partial charge on any atom is 0.242 e. The highest BCUT2D eigenvalue weighted by Crippen LogP contribution is 2.34. The number of carbonyl (C=O) groups is 4. The van der Waals surface area contributed by atoms with Gasteiger partial charge in [0.2, 0.25) is 23.6 Å². The van der Waals surface area contributed by atoms with Gasteiger partial charge >= 0.3 is 0 Å². The maximum absolute atomic E-state index is 12.3. The second-order valence-electron chi connectivity index (χ2n) is 6.51. The summed E-state index contributed by atoms with van der Waals surface area (Å²) in [6.45, 7) is -0.335. The van der Waals surface area contributed by atoms with Crippen LogP contribution in [0.1, 0.15) is 25.7 Å². The molecular weight excluding hydrogens is 298 g/mol. The van der Waals surface area contributed by atoms with Crippen molar-refractivity contribution in [3.05, 3.63) is 12.2 Å². The summed E-state index contributed by atoms with van der Waals surface area (Å²) in [4.78, 5) is 50.9. The van der Waals surface area contributed by atoms with E-state index in [0.29, 0.717) is 12.8 Å². The van der Waals surface area contributed by atoms with Crippen LogP contribution in [0.3, 0.4) is 0 Å². The van der Waals surface area contributed by atoms with E-state index in [1.165, 1.54) is 11.9 Å². The highest BCUT2D eigenvalue weighted by atomic mass is 16.2. The first-order chi connectivity index (χ1) is 11.0. The average Bonchev–Trinajstić information content (AvgIpc) is 3.30. The predicted molar refractivity (Wildman–Crippen MR) is 80.9 cm³/mol. The monoisotopic (exact) mass is 319 g/mol. The van der Waals surface area contributed by atoms with Gasteiger partial charge in [0.05, 0.1) is 18.4 Å². The fourth-order valence-electron chi connectivity index (χ4n) is 3.09. The zero-order valence-corrected chi connectivity index (χ0v) is 13.2. The molecule has 0 aromatic carbocycles. The minimum Gasteiger partial charge on any atom is -0.352 e. The predicted octanol–water partition coefficient (Wildman–Crippen LogP) is -0.325. The Morgan fingerprint density at radius 3 is 2.26 bits per heavy atom. The average molecular weight is 319 g/mol. The van der Waals surface area contributed by atoms with E-state index in [1.807, 2.05) is 12.2 Å². The van der Waals surface area contributed by atoms with Crippen LogP contribution in [-0.4, -0.2) is 59.6 Å². The van der Waals surface area contributed by atoms with E-state index in [1.54, 1.807) is 0 Å². The van der Waals surface area contributed by atoms with Gasteiger partial charge in [-0.2, -0.15) is 0 Å². The fraction of sp³-hybridized carbons (Fsp3) is 0.625. The molecule has 7 heteroatoms. The van der Waals surface area contributed by atoms with Crippen molar-refractivity contribution < 1.29 is 19.2 Å². The number of carbonyl (C=O) groups excluding carboxylic acids is 4. The van der Waals surface area contributed by atoms with Gasteiger partial charge in [-0.3, -0.25) is 24.1 Å². The van der Waals surface area contributed by atoms with Crippen molar-refractivity contribution in [2.24, 2.45) is 11.8 Å². The number of hydrogen-bond acceptors (Lipinski definition) is 4. The van der Waals surface area contributed by atoms with E-state index in [9.17, 15) is 19.2 Å². The summed E-state index contributed by atoms with van der Waals surface area (Å²) < 4.78 is 0. The third-order valence-corrected chi connectivity index (χ3v) is 4.64. The first-order valence-corrected chi connectivity index (χ1v) is 8.01. The Bertz CT molecular complexity index is 556. The van der Waals surface area contributed by atoms with Crippen LogP contribution in [0.5, 0.6) is 0 Å². The SMILES string of the molecule is CN(CC(=O)NC1CC1)C(=O)CN1C(=O)[C@H]2CC=CC[C@@H]2C1=O. The number of fused-ring (bicyclic) bond motifs is 1. The van der Waals surface area contributed by atoms with Gasteiger partial charge in [-0.05, 0) is 25.7 Å². The Morgan fingerprint density at radius 2 is 1.74 bits per heavy atom. The van der Waals surface area contributed by atoms with Crippen molar-refractivity contribution in [1.82, 2.24) is 15.1 Å². The molecule has 23 heavy (non-hydrogen) atoms. The third-order valence-electron chi connectivity index (χ3n) is 4.64. The van der Waals surface area contributed by atoms with Crippen LogP contribution in [0.15, 0.2) is 12.2 Å². The molecule has 0 radical (unpaired) electrons. The first kappa shape index (κ1) is 15.7. The molecule has 7 nitrogen and oxygen atoms in total. The van der Waals surface area contributed by atoms with Gasteiger partial charge in [0.1, 0.15) is 6.54 Å². The van der Waals surface area contributed by atoms with Crippen LogP contribution in [0.4, 0.5) is 0 Å². The zero-order chi connectivity index (χ0) is 16.6. The van der Waals surface area contributed by atoms with Crippen LogP contribution in [0, 0.1) is 11.8 Å². The number of likely N-dealkylation sites (tertiary alicyclic amines) is 1. The molecule has 0 spiro atoms. The number of likely N-dealkylation sites (N-methyl/N-ethyl adjacent to an activating group) is 1. The van der Waals surface area contributed by atoms with E-state index in [-0.39, 0.29) is 48.7 Å². The maximum atomic E-state index is 12.3. The van der Waals surface area contributed by atoms with Gasteiger partial charge in [-0.25, -0.2) is 0 Å². The Labute approximate surface area is 134 Å². The van der Waals surface area contributed by atoms with Crippen LogP contribution in [0.2, 0.25) is 0 Å². The standard InChI is InChI=1S/C16H21N3O4/c1-18(8-13(20)17-10-6-7-10)14(21)9-19-15(22)11-4-2-3-5-12(11)16(19)23/h2-3,10-12H,4-9H2,1H3,(H,17,20)/t11-,12-/m0/s1. The molecule has 1 heterocycles. The first-order valence-electron chi connectivity index (χ1n) is 8.01. The van der Waals surface area contributed by atoms with Crippen molar-refractivity contribution in [3.8, 4) is 0 Å². The summed E-state index contributed by atoms with van der Waals surface area (Å²) in [6, 6.07) is 0.239. The normalized spacial score (nSPS) is 26.2. The van der Waals surface area contributed by atoms with Crippen molar-refractivity contribution >= 4 is 23.6 Å².